The van der Waals surface area contributed by atoms with Crippen molar-refractivity contribution >= 4 is 21.4 Å². The summed E-state index contributed by atoms with van der Waals surface area (Å²) >= 11 is 0. The molecule has 2 aromatic carbocycles. The van der Waals surface area contributed by atoms with Crippen molar-refractivity contribution in [1.29, 1.82) is 0 Å². The highest BCUT2D eigenvalue weighted by molar-refractivity contribution is 7.90. The first kappa shape index (κ1) is 16.7. The number of hydrogen-bond donors (Lipinski definition) is 1. The molecular formula is C19H21NO3S. The van der Waals surface area contributed by atoms with Crippen molar-refractivity contribution in [2.24, 2.45) is 0 Å². The molecule has 4 nitrogen and oxygen atoms in total. The second kappa shape index (κ2) is 6.77. The molecular weight excluding hydrogens is 322 g/mol. The number of fused-ring (bicyclic) bond motifs is 1. The maximum Gasteiger partial charge on any atom is 0.228 e. The van der Waals surface area contributed by atoms with Gasteiger partial charge in [-0.1, -0.05) is 18.2 Å². The summed E-state index contributed by atoms with van der Waals surface area (Å²) in [6, 6.07) is 12.5. The molecule has 0 unspecified atom stereocenters. The number of sulfone groups is 1. The maximum absolute atomic E-state index is 12.2. The molecule has 2 aromatic rings. The third kappa shape index (κ3) is 4.03. The number of anilines is 1. The van der Waals surface area contributed by atoms with Crippen LogP contribution in [0.5, 0.6) is 0 Å². The summed E-state index contributed by atoms with van der Waals surface area (Å²) in [5.41, 5.74) is 4.39. The number of hydrogen-bond acceptors (Lipinski definition) is 3. The lowest BCUT2D eigenvalue weighted by atomic mass is 9.90. The third-order valence-electron chi connectivity index (χ3n) is 4.34. The van der Waals surface area contributed by atoms with E-state index in [1.165, 1.54) is 36.1 Å². The molecule has 0 radical (unpaired) electrons. The number of rotatable bonds is 4. The zero-order chi connectivity index (χ0) is 17.2. The van der Waals surface area contributed by atoms with E-state index in [4.69, 9.17) is 0 Å². The quantitative estimate of drug-likeness (QED) is 0.927. The SMILES string of the molecule is CS(=O)(=O)c1ccc(NC(=O)Cc2ccc3c(c2)CCCC3)cc1. The van der Waals surface area contributed by atoms with Crippen LogP contribution in [0.3, 0.4) is 0 Å². The van der Waals surface area contributed by atoms with Crippen LogP contribution in [0, 0.1) is 0 Å². The Bertz CT molecular complexity index is 855. The highest BCUT2D eigenvalue weighted by Gasteiger charge is 2.12. The van der Waals surface area contributed by atoms with Gasteiger partial charge in [0.05, 0.1) is 11.3 Å². The Balaban J connectivity index is 1.65. The largest absolute Gasteiger partial charge is 0.326 e. The minimum atomic E-state index is -3.22. The van der Waals surface area contributed by atoms with E-state index in [1.807, 2.05) is 6.07 Å². The van der Waals surface area contributed by atoms with Crippen LogP contribution in [0.1, 0.15) is 29.5 Å². The van der Waals surface area contributed by atoms with Gasteiger partial charge in [-0.2, -0.15) is 0 Å². The lowest BCUT2D eigenvalue weighted by Crippen LogP contribution is -2.15. The van der Waals surface area contributed by atoms with E-state index in [2.05, 4.69) is 17.4 Å². The van der Waals surface area contributed by atoms with Crippen LogP contribution in [0.15, 0.2) is 47.4 Å². The highest BCUT2D eigenvalue weighted by atomic mass is 32.2. The molecule has 24 heavy (non-hydrogen) atoms. The Hall–Kier alpha value is -2.14. The van der Waals surface area contributed by atoms with Gasteiger partial charge in [-0.05, 0) is 66.6 Å². The van der Waals surface area contributed by atoms with Crippen LogP contribution >= 0.6 is 0 Å². The molecule has 0 aromatic heterocycles. The average Bonchev–Trinajstić information content (AvgIpc) is 2.54. The molecule has 0 aliphatic heterocycles. The van der Waals surface area contributed by atoms with E-state index in [0.29, 0.717) is 12.1 Å². The summed E-state index contributed by atoms with van der Waals surface area (Å²) in [5, 5.41) is 2.82. The first-order chi connectivity index (χ1) is 11.4. The molecule has 0 bridgehead atoms. The fourth-order valence-corrected chi connectivity index (χ4v) is 3.70. The summed E-state index contributed by atoms with van der Waals surface area (Å²) in [6.45, 7) is 0. The van der Waals surface area contributed by atoms with E-state index >= 15 is 0 Å². The molecule has 126 valence electrons. The lowest BCUT2D eigenvalue weighted by molar-refractivity contribution is -0.115. The number of aryl methyl sites for hydroxylation is 2. The van der Waals surface area contributed by atoms with Gasteiger partial charge in [-0.3, -0.25) is 4.79 Å². The summed E-state index contributed by atoms with van der Waals surface area (Å²) in [7, 11) is -3.22. The first-order valence-electron chi connectivity index (χ1n) is 8.12. The van der Waals surface area contributed by atoms with Crippen molar-refractivity contribution in [3.8, 4) is 0 Å². The maximum atomic E-state index is 12.2. The van der Waals surface area contributed by atoms with Crippen molar-refractivity contribution in [3.63, 3.8) is 0 Å². The summed E-state index contributed by atoms with van der Waals surface area (Å²) < 4.78 is 22.9. The van der Waals surface area contributed by atoms with Gasteiger partial charge in [0, 0.05) is 11.9 Å². The van der Waals surface area contributed by atoms with Gasteiger partial charge in [0.2, 0.25) is 5.91 Å². The first-order valence-corrected chi connectivity index (χ1v) is 10.0. The molecule has 1 amide bonds. The number of nitrogens with one attached hydrogen (secondary N) is 1. The van der Waals surface area contributed by atoms with Crippen LogP contribution in [-0.4, -0.2) is 20.6 Å². The number of carbonyl (C=O) groups excluding carboxylic acids is 1. The molecule has 5 heteroatoms. The van der Waals surface area contributed by atoms with Gasteiger partial charge in [-0.25, -0.2) is 8.42 Å². The van der Waals surface area contributed by atoms with Gasteiger partial charge >= 0.3 is 0 Å². The highest BCUT2D eigenvalue weighted by Crippen LogP contribution is 2.22. The van der Waals surface area contributed by atoms with Gasteiger partial charge in [0.15, 0.2) is 9.84 Å². The van der Waals surface area contributed by atoms with Gasteiger partial charge in [0.1, 0.15) is 0 Å². The summed E-state index contributed by atoms with van der Waals surface area (Å²) in [5.74, 6) is -0.0992. The summed E-state index contributed by atoms with van der Waals surface area (Å²) in [4.78, 5) is 12.4. The van der Waals surface area contributed by atoms with Crippen molar-refractivity contribution < 1.29 is 13.2 Å². The molecule has 0 fully saturated rings. The third-order valence-corrected chi connectivity index (χ3v) is 5.47. The molecule has 0 saturated heterocycles. The van der Waals surface area contributed by atoms with Gasteiger partial charge in [0.25, 0.3) is 0 Å². The Morgan fingerprint density at radius 1 is 1.00 bits per heavy atom. The predicted octanol–water partition coefficient (Wildman–Crippen LogP) is 3.15. The van der Waals surface area contributed by atoms with Crippen LogP contribution in [0.2, 0.25) is 0 Å². The van der Waals surface area contributed by atoms with E-state index in [9.17, 15) is 13.2 Å². The smallest absolute Gasteiger partial charge is 0.228 e. The number of amides is 1. The van der Waals surface area contributed by atoms with Crippen LogP contribution in [0.4, 0.5) is 5.69 Å². The van der Waals surface area contributed by atoms with E-state index in [1.54, 1.807) is 12.1 Å². The van der Waals surface area contributed by atoms with Crippen LogP contribution < -0.4 is 5.32 Å². The van der Waals surface area contributed by atoms with Crippen molar-refractivity contribution in [1.82, 2.24) is 0 Å². The van der Waals surface area contributed by atoms with Crippen LogP contribution in [0.25, 0.3) is 0 Å². The minimum absolute atomic E-state index is 0.0992. The lowest BCUT2D eigenvalue weighted by Gasteiger charge is -2.16. The molecule has 1 N–H and O–H groups in total. The Labute approximate surface area is 142 Å². The molecule has 1 aliphatic carbocycles. The van der Waals surface area contributed by atoms with Crippen molar-refractivity contribution in [2.75, 3.05) is 11.6 Å². The molecule has 0 saturated carbocycles. The second-order valence-electron chi connectivity index (χ2n) is 6.33. The zero-order valence-electron chi connectivity index (χ0n) is 13.7. The average molecular weight is 343 g/mol. The number of carbonyl (C=O) groups is 1. The Morgan fingerprint density at radius 2 is 1.67 bits per heavy atom. The van der Waals surface area contributed by atoms with Crippen molar-refractivity contribution in [3.05, 3.63) is 59.2 Å². The monoisotopic (exact) mass is 343 g/mol. The second-order valence-corrected chi connectivity index (χ2v) is 8.35. The molecule has 0 atom stereocenters. The van der Waals surface area contributed by atoms with Gasteiger partial charge in [-0.15, -0.1) is 0 Å². The van der Waals surface area contributed by atoms with Gasteiger partial charge < -0.3 is 5.32 Å². The molecule has 0 spiro atoms. The zero-order valence-corrected chi connectivity index (χ0v) is 14.5. The normalized spacial score (nSPS) is 14.0. The molecule has 3 rings (SSSR count). The molecule has 1 aliphatic rings. The predicted molar refractivity (Wildman–Crippen MR) is 95.0 cm³/mol. The van der Waals surface area contributed by atoms with E-state index in [-0.39, 0.29) is 10.8 Å². The van der Waals surface area contributed by atoms with Crippen molar-refractivity contribution in [2.45, 2.75) is 37.0 Å². The Morgan fingerprint density at radius 3 is 2.33 bits per heavy atom. The fourth-order valence-electron chi connectivity index (χ4n) is 3.07. The molecule has 0 heterocycles. The number of benzene rings is 2. The minimum Gasteiger partial charge on any atom is -0.326 e. The van der Waals surface area contributed by atoms with E-state index in [0.717, 1.165) is 24.7 Å². The topological polar surface area (TPSA) is 63.2 Å². The van der Waals surface area contributed by atoms with E-state index < -0.39 is 9.84 Å². The van der Waals surface area contributed by atoms with Crippen LogP contribution in [-0.2, 0) is 33.9 Å². The fraction of sp³-hybridized carbons (Fsp3) is 0.316. The standard InChI is InChI=1S/C19H21NO3S/c1-24(22,23)18-10-8-17(9-11-18)20-19(21)13-14-6-7-15-4-2-3-5-16(15)12-14/h6-12H,2-5,13H2,1H3,(H,20,21). The Kier molecular flexibility index (Phi) is 4.71. The summed E-state index contributed by atoms with van der Waals surface area (Å²) in [6.07, 6.45) is 6.18.